The van der Waals surface area contributed by atoms with Crippen molar-refractivity contribution in [3.8, 4) is 0 Å². The van der Waals surface area contributed by atoms with Crippen molar-refractivity contribution >= 4 is 12.0 Å². The van der Waals surface area contributed by atoms with Crippen LogP contribution in [-0.4, -0.2) is 59.9 Å². The highest BCUT2D eigenvalue weighted by Crippen LogP contribution is 2.37. The minimum absolute atomic E-state index is 0.0987. The third-order valence-corrected chi connectivity index (χ3v) is 6.55. The Morgan fingerprint density at radius 1 is 1.24 bits per heavy atom. The molecular weight excluding hydrogens is 435 g/mol. The lowest BCUT2D eigenvalue weighted by Gasteiger charge is -2.51. The van der Waals surface area contributed by atoms with Crippen molar-refractivity contribution in [2.24, 2.45) is 11.3 Å². The molecule has 1 aromatic rings. The molecule has 9 heteroatoms. The number of aliphatic carboxylic acids is 1. The predicted octanol–water partition coefficient (Wildman–Crippen LogP) is 4.29. The number of hydrogen-bond acceptors (Lipinski definition) is 3. The van der Waals surface area contributed by atoms with E-state index in [0.717, 1.165) is 38.9 Å². The summed E-state index contributed by atoms with van der Waals surface area (Å²) in [5.41, 5.74) is 4.33. The van der Waals surface area contributed by atoms with E-state index in [2.05, 4.69) is 63.5 Å². The number of aryl methyl sites for hydroxylation is 2. The van der Waals surface area contributed by atoms with E-state index in [1.807, 2.05) is 4.90 Å². The first kappa shape index (κ1) is 27.0. The summed E-state index contributed by atoms with van der Waals surface area (Å²) in [6.45, 7) is 13.9. The van der Waals surface area contributed by atoms with E-state index in [-0.39, 0.29) is 12.1 Å². The first-order valence-electron chi connectivity index (χ1n) is 11.4. The molecule has 186 valence electrons. The Balaban J connectivity index is 0.000000479. The normalized spacial score (nSPS) is 21.3. The molecule has 2 aliphatic heterocycles. The van der Waals surface area contributed by atoms with Gasteiger partial charge in [0.1, 0.15) is 0 Å². The van der Waals surface area contributed by atoms with Gasteiger partial charge in [-0.1, -0.05) is 37.6 Å². The number of halogens is 3. The molecule has 0 saturated carbocycles. The zero-order valence-electron chi connectivity index (χ0n) is 20.1. The van der Waals surface area contributed by atoms with Crippen LogP contribution in [0.15, 0.2) is 18.2 Å². The molecule has 1 aromatic carbocycles. The van der Waals surface area contributed by atoms with Crippen molar-refractivity contribution < 1.29 is 27.9 Å². The minimum Gasteiger partial charge on any atom is -0.475 e. The summed E-state index contributed by atoms with van der Waals surface area (Å²) in [6.07, 6.45) is -1.98. The highest BCUT2D eigenvalue weighted by Gasteiger charge is 2.43. The number of urea groups is 1. The van der Waals surface area contributed by atoms with Crippen molar-refractivity contribution in [1.29, 1.82) is 0 Å². The molecule has 0 aliphatic carbocycles. The van der Waals surface area contributed by atoms with Gasteiger partial charge in [0.25, 0.3) is 0 Å². The number of piperidine rings is 1. The average molecular weight is 472 g/mol. The lowest BCUT2D eigenvalue weighted by atomic mass is 9.68. The molecular formula is C24H36F3N3O3. The average Bonchev–Trinajstić information content (AvgIpc) is 2.69. The Labute approximate surface area is 193 Å². The fourth-order valence-corrected chi connectivity index (χ4v) is 4.63. The highest BCUT2D eigenvalue weighted by atomic mass is 19.4. The first-order chi connectivity index (χ1) is 15.2. The monoisotopic (exact) mass is 471 g/mol. The molecule has 2 heterocycles. The number of carbonyl (C=O) groups is 2. The zero-order valence-corrected chi connectivity index (χ0v) is 20.1. The number of benzene rings is 1. The fraction of sp³-hybridized carbons (Fsp3) is 0.667. The van der Waals surface area contributed by atoms with E-state index in [9.17, 15) is 18.0 Å². The molecule has 2 unspecified atom stereocenters. The minimum atomic E-state index is -5.08. The van der Waals surface area contributed by atoms with Crippen LogP contribution in [0.2, 0.25) is 0 Å². The number of amides is 2. The number of carboxylic acid groups (broad SMARTS) is 1. The van der Waals surface area contributed by atoms with E-state index in [4.69, 9.17) is 9.90 Å². The highest BCUT2D eigenvalue weighted by molar-refractivity contribution is 5.74. The van der Waals surface area contributed by atoms with Gasteiger partial charge >= 0.3 is 18.2 Å². The topological polar surface area (TPSA) is 81.7 Å². The van der Waals surface area contributed by atoms with Gasteiger partial charge in [-0.05, 0) is 62.5 Å². The van der Waals surface area contributed by atoms with Crippen LogP contribution in [0.4, 0.5) is 18.0 Å². The molecule has 33 heavy (non-hydrogen) atoms. The largest absolute Gasteiger partial charge is 0.490 e. The van der Waals surface area contributed by atoms with Crippen LogP contribution in [0.1, 0.15) is 50.3 Å². The molecule has 2 aliphatic rings. The first-order valence-corrected chi connectivity index (χ1v) is 11.4. The summed E-state index contributed by atoms with van der Waals surface area (Å²) >= 11 is 0. The van der Waals surface area contributed by atoms with Crippen molar-refractivity contribution in [2.45, 2.75) is 72.1 Å². The summed E-state index contributed by atoms with van der Waals surface area (Å²) in [5.74, 6) is -2.05. The maximum absolute atomic E-state index is 12.6. The van der Waals surface area contributed by atoms with Crippen LogP contribution in [0.5, 0.6) is 0 Å². The molecule has 2 amide bonds. The Morgan fingerprint density at radius 3 is 2.24 bits per heavy atom. The lowest BCUT2D eigenvalue weighted by Crippen LogP contribution is -2.64. The van der Waals surface area contributed by atoms with E-state index in [0.29, 0.717) is 17.4 Å². The molecule has 0 spiro atoms. The van der Waals surface area contributed by atoms with Crippen LogP contribution in [-0.2, 0) is 11.2 Å². The second-order valence-electron chi connectivity index (χ2n) is 9.96. The Kier molecular flexibility index (Phi) is 8.79. The molecule has 0 aromatic heterocycles. The van der Waals surface area contributed by atoms with Crippen LogP contribution >= 0.6 is 0 Å². The van der Waals surface area contributed by atoms with E-state index < -0.39 is 12.1 Å². The van der Waals surface area contributed by atoms with Gasteiger partial charge in [0.15, 0.2) is 0 Å². The van der Waals surface area contributed by atoms with Gasteiger partial charge in [-0.3, -0.25) is 0 Å². The quantitative estimate of drug-likeness (QED) is 0.612. The second-order valence-corrected chi connectivity index (χ2v) is 9.96. The summed E-state index contributed by atoms with van der Waals surface area (Å²) in [6, 6.07) is 7.42. The van der Waals surface area contributed by atoms with Gasteiger partial charge < -0.3 is 20.6 Å². The maximum Gasteiger partial charge on any atom is 0.490 e. The molecule has 3 rings (SSSR count). The van der Waals surface area contributed by atoms with Gasteiger partial charge in [0.2, 0.25) is 0 Å². The van der Waals surface area contributed by atoms with Crippen LogP contribution in [0.25, 0.3) is 0 Å². The number of alkyl halides is 3. The Bertz CT molecular complexity index is 834. The van der Waals surface area contributed by atoms with Gasteiger partial charge in [0.05, 0.1) is 0 Å². The smallest absolute Gasteiger partial charge is 0.475 e. The number of carboxylic acids is 1. The van der Waals surface area contributed by atoms with Crippen LogP contribution < -0.4 is 10.6 Å². The number of carbonyl (C=O) groups excluding carboxylic acids is 1. The van der Waals surface area contributed by atoms with Gasteiger partial charge in [-0.25, -0.2) is 9.59 Å². The van der Waals surface area contributed by atoms with Gasteiger partial charge in [-0.15, -0.1) is 0 Å². The molecule has 2 fully saturated rings. The molecule has 2 saturated heterocycles. The van der Waals surface area contributed by atoms with Crippen molar-refractivity contribution in [3.05, 3.63) is 34.9 Å². The number of likely N-dealkylation sites (tertiary alicyclic amines) is 1. The van der Waals surface area contributed by atoms with Gasteiger partial charge in [0, 0.05) is 31.7 Å². The second kappa shape index (κ2) is 10.8. The third-order valence-electron chi connectivity index (χ3n) is 6.55. The van der Waals surface area contributed by atoms with Crippen LogP contribution in [0, 0.1) is 25.2 Å². The van der Waals surface area contributed by atoms with Crippen molar-refractivity contribution in [1.82, 2.24) is 15.5 Å². The number of hydrogen-bond donors (Lipinski definition) is 3. The fourth-order valence-electron chi connectivity index (χ4n) is 4.63. The maximum atomic E-state index is 12.6. The van der Waals surface area contributed by atoms with Crippen molar-refractivity contribution in [3.63, 3.8) is 0 Å². The van der Waals surface area contributed by atoms with E-state index in [1.165, 1.54) is 16.7 Å². The van der Waals surface area contributed by atoms with Gasteiger partial charge in [-0.2, -0.15) is 13.2 Å². The number of nitrogens with one attached hydrogen (secondary N) is 2. The summed E-state index contributed by atoms with van der Waals surface area (Å²) in [5, 5.41) is 13.9. The summed E-state index contributed by atoms with van der Waals surface area (Å²) in [4.78, 5) is 23.5. The molecule has 2 atom stereocenters. The standard InChI is InChI=1S/C22H35N3O.C2HF3O2/c1-15-6-7-19(16(2)12-15)13-17(3)24-21(26)25-10-8-18(9-11-25)20-22(4,5)14-23-20;3-2(4,5)1(6)7/h6-7,12,17-18,20,23H,8-11,13-14H2,1-5H3,(H,24,26);(H,6,7). The summed E-state index contributed by atoms with van der Waals surface area (Å²) in [7, 11) is 0. The third kappa shape index (κ3) is 7.62. The molecule has 0 radical (unpaired) electrons. The predicted molar refractivity (Wildman–Crippen MR) is 121 cm³/mol. The lowest BCUT2D eigenvalue weighted by molar-refractivity contribution is -0.192. The number of nitrogens with zero attached hydrogens (tertiary/aromatic N) is 1. The molecule has 3 N–H and O–H groups in total. The molecule has 0 bridgehead atoms. The van der Waals surface area contributed by atoms with Crippen LogP contribution in [0.3, 0.4) is 0 Å². The molecule has 6 nitrogen and oxygen atoms in total. The summed E-state index contributed by atoms with van der Waals surface area (Å²) < 4.78 is 31.7. The van der Waals surface area contributed by atoms with E-state index in [1.54, 1.807) is 0 Å². The Morgan fingerprint density at radius 2 is 1.82 bits per heavy atom. The van der Waals surface area contributed by atoms with Crippen molar-refractivity contribution in [2.75, 3.05) is 19.6 Å². The van der Waals surface area contributed by atoms with E-state index >= 15 is 0 Å². The Hall–Kier alpha value is -2.29. The SMILES string of the molecule is Cc1ccc(CC(C)NC(=O)N2CCC(C3NCC3(C)C)CC2)c(C)c1.O=C(O)C(F)(F)F. The number of rotatable bonds is 4. The zero-order chi connectivity index (χ0) is 25.0.